The van der Waals surface area contributed by atoms with Crippen LogP contribution >= 0.6 is 0 Å². The zero-order valence-corrected chi connectivity index (χ0v) is 64.7. The van der Waals surface area contributed by atoms with Crippen LogP contribution in [-0.2, 0) is 87.2 Å². The van der Waals surface area contributed by atoms with Crippen molar-refractivity contribution in [3.05, 3.63) is 34.5 Å². The number of methoxy groups -OCH3 is 1. The highest BCUT2D eigenvalue weighted by atomic mass is 16.8. The SMILES string of the molecule is C=C(C)NC1C(C)OC(CO)C(O)C1OC1OC(C(=O)O)C(OC2OC(CO)C(O)C(OC3OC(C(=O)Oc4c(C)c(C)c5c(c4C)CC[C@](C)(CCC[C@@H](C)CCC[C@@H](C)CCCC(C)C)O5)C(OC4OC(CO)C(O)C(OC5OC(C(=O)O)C(OC)C(O)C5O)C4NC(C)=O)C(O)C3O)C2NC(C)=O)C(O)C1O. The molecule has 2 amide bonds. The van der Waals surface area contributed by atoms with Gasteiger partial charge in [-0.25, -0.2) is 14.4 Å². The largest absolute Gasteiger partial charge is 0.487 e. The summed E-state index contributed by atoms with van der Waals surface area (Å²) in [6.45, 7) is 22.3. The fourth-order valence-corrected chi connectivity index (χ4v) is 15.7. The maximum atomic E-state index is 15.6. The Morgan fingerprint density at radius 2 is 0.900 bits per heavy atom. The van der Waals surface area contributed by atoms with Crippen molar-refractivity contribution in [3.8, 4) is 11.5 Å². The number of ether oxygens (including phenoxy) is 14. The van der Waals surface area contributed by atoms with Gasteiger partial charge in [-0.15, -0.1) is 0 Å². The maximum absolute atomic E-state index is 15.6. The molecule has 1 aromatic rings. The molecular weight excluding hydrogens is 1460 g/mol. The van der Waals surface area contributed by atoms with Gasteiger partial charge in [0, 0.05) is 32.2 Å². The number of aliphatic carboxylic acids is 2. The molecule has 0 spiro atoms. The molecule has 7 aliphatic heterocycles. The lowest BCUT2D eigenvalue weighted by molar-refractivity contribution is -0.376. The van der Waals surface area contributed by atoms with E-state index in [9.17, 15) is 90.7 Å². The van der Waals surface area contributed by atoms with Crippen molar-refractivity contribution in [2.45, 2.75) is 343 Å². The first-order valence-corrected chi connectivity index (χ1v) is 37.9. The van der Waals surface area contributed by atoms with Crippen LogP contribution in [0.3, 0.4) is 0 Å². The second-order valence-electron chi connectivity index (χ2n) is 31.3. The Bertz CT molecular complexity index is 3230. The minimum atomic E-state index is -2.49. The highest BCUT2D eigenvalue weighted by Gasteiger charge is 2.61. The fourth-order valence-electron chi connectivity index (χ4n) is 15.7. The van der Waals surface area contributed by atoms with Crippen LogP contribution in [0.5, 0.6) is 11.5 Å². The number of carbonyl (C=O) groups excluding carboxylic acids is 3. The zero-order valence-electron chi connectivity index (χ0n) is 64.7. The molecule has 8 rings (SSSR count). The number of carboxylic acid groups (broad SMARTS) is 2. The van der Waals surface area contributed by atoms with Crippen molar-refractivity contribution < 1.29 is 162 Å². The topological polar surface area (TPSA) is 534 Å². The molecule has 17 N–H and O–H groups in total. The predicted octanol–water partition coefficient (Wildman–Crippen LogP) is -1.71. The number of rotatable bonds is 34. The molecule has 0 aliphatic carbocycles. The Labute approximate surface area is 639 Å². The van der Waals surface area contributed by atoms with Crippen LogP contribution in [0.25, 0.3) is 0 Å². The van der Waals surface area contributed by atoms with E-state index in [2.05, 4.69) is 57.1 Å². The summed E-state index contributed by atoms with van der Waals surface area (Å²) in [5.41, 5.74) is 1.93. The van der Waals surface area contributed by atoms with Crippen molar-refractivity contribution in [2.75, 3.05) is 26.9 Å². The maximum Gasteiger partial charge on any atom is 0.343 e. The van der Waals surface area contributed by atoms with Crippen molar-refractivity contribution in [1.29, 1.82) is 0 Å². The van der Waals surface area contributed by atoms with E-state index in [4.69, 9.17) is 66.3 Å². The van der Waals surface area contributed by atoms with E-state index in [1.807, 2.05) is 0 Å². The van der Waals surface area contributed by atoms with E-state index in [0.29, 0.717) is 64.3 Å². The molecule has 1 aromatic carbocycles. The number of nitrogens with one attached hydrogen (secondary N) is 3. The van der Waals surface area contributed by atoms with Crippen LogP contribution in [0.15, 0.2) is 12.3 Å². The Hall–Kier alpha value is -5.05. The first-order chi connectivity index (χ1) is 51.8. The van der Waals surface area contributed by atoms with Crippen molar-refractivity contribution in [3.63, 3.8) is 0 Å². The third-order valence-corrected chi connectivity index (χ3v) is 22.1. The highest BCUT2D eigenvalue weighted by Crippen LogP contribution is 2.47. The molecule has 6 saturated heterocycles. The molecule has 0 bridgehead atoms. The smallest absolute Gasteiger partial charge is 0.343 e. The van der Waals surface area contributed by atoms with Gasteiger partial charge in [-0.3, -0.25) is 9.59 Å². The van der Waals surface area contributed by atoms with Gasteiger partial charge >= 0.3 is 17.9 Å². The van der Waals surface area contributed by atoms with E-state index in [0.717, 1.165) is 53.1 Å². The summed E-state index contributed by atoms with van der Waals surface area (Å²) in [7, 11) is 1.04. The second kappa shape index (κ2) is 39.5. The molecule has 30 unspecified atom stereocenters. The molecule has 0 radical (unpaired) electrons. The van der Waals surface area contributed by atoms with Gasteiger partial charge < -0.3 is 154 Å². The van der Waals surface area contributed by atoms with Gasteiger partial charge in [-0.2, -0.15) is 0 Å². The molecule has 0 aromatic heterocycles. The highest BCUT2D eigenvalue weighted by molar-refractivity contribution is 5.80. The van der Waals surface area contributed by atoms with Gasteiger partial charge in [0.05, 0.1) is 32.0 Å². The number of hydrogen-bond acceptors (Lipinski definition) is 32. The van der Waals surface area contributed by atoms with E-state index < -0.39 is 239 Å². The minimum absolute atomic E-state index is 0.0180. The second-order valence-corrected chi connectivity index (χ2v) is 31.3. The van der Waals surface area contributed by atoms with Gasteiger partial charge in [0.25, 0.3) is 0 Å². The number of esters is 1. The van der Waals surface area contributed by atoms with E-state index in [1.54, 1.807) is 34.6 Å². The van der Waals surface area contributed by atoms with Gasteiger partial charge in [-0.05, 0) is 102 Å². The summed E-state index contributed by atoms with van der Waals surface area (Å²) in [6.07, 6.45) is -43.8. The average molecular weight is 1580 g/mol. The summed E-state index contributed by atoms with van der Waals surface area (Å²) >= 11 is 0. The summed E-state index contributed by atoms with van der Waals surface area (Å²) in [5, 5.41) is 166. The lowest BCUT2D eigenvalue weighted by Gasteiger charge is -2.50. The van der Waals surface area contributed by atoms with Crippen LogP contribution in [-0.4, -0.2) is 318 Å². The predicted molar refractivity (Wildman–Crippen MR) is 379 cm³/mol. The molecule has 7 aliphatic rings. The number of aliphatic hydroxyl groups excluding tert-OH is 12. The third kappa shape index (κ3) is 21.1. The molecule has 36 heteroatoms. The first-order valence-electron chi connectivity index (χ1n) is 37.9. The molecule has 628 valence electrons. The molecule has 7 heterocycles. The number of fused-ring (bicyclic) bond motifs is 1. The molecular formula is C74H119N3O33. The molecule has 0 saturated carbocycles. The van der Waals surface area contributed by atoms with Crippen LogP contribution in [0.2, 0.25) is 0 Å². The number of carbonyl (C=O) groups is 5. The summed E-state index contributed by atoms with van der Waals surface area (Å²) in [6, 6.07) is -4.85. The summed E-state index contributed by atoms with van der Waals surface area (Å²) in [4.78, 5) is 67.7. The number of carboxylic acids is 2. The Morgan fingerprint density at radius 3 is 1.33 bits per heavy atom. The van der Waals surface area contributed by atoms with Gasteiger partial charge in [0.1, 0.15) is 139 Å². The number of benzene rings is 1. The Kier molecular flexibility index (Phi) is 32.5. The minimum Gasteiger partial charge on any atom is -0.487 e. The van der Waals surface area contributed by atoms with Gasteiger partial charge in [-0.1, -0.05) is 79.2 Å². The first kappa shape index (κ1) is 90.5. The molecule has 33 atom stereocenters. The third-order valence-electron chi connectivity index (χ3n) is 22.1. The average Bonchev–Trinajstić information content (AvgIpc) is 0.721. The van der Waals surface area contributed by atoms with Crippen molar-refractivity contribution >= 4 is 29.7 Å². The molecule has 110 heavy (non-hydrogen) atoms. The summed E-state index contributed by atoms with van der Waals surface area (Å²) in [5.74, 6) is -4.34. The summed E-state index contributed by atoms with van der Waals surface area (Å²) < 4.78 is 84.5. The van der Waals surface area contributed by atoms with Crippen LogP contribution < -0.4 is 25.4 Å². The molecule has 6 fully saturated rings. The van der Waals surface area contributed by atoms with Crippen molar-refractivity contribution in [2.24, 2.45) is 17.8 Å². The van der Waals surface area contributed by atoms with Crippen molar-refractivity contribution in [1.82, 2.24) is 16.0 Å². The normalized spacial score (nSPS) is 39.4. The Morgan fingerprint density at radius 1 is 0.500 bits per heavy atom. The lowest BCUT2D eigenvalue weighted by Crippen LogP contribution is -2.71. The monoisotopic (exact) mass is 1580 g/mol. The lowest BCUT2D eigenvalue weighted by atomic mass is 9.83. The number of amides is 2. The zero-order chi connectivity index (χ0) is 81.4. The number of hydrogen-bond donors (Lipinski definition) is 17. The van der Waals surface area contributed by atoms with Crippen LogP contribution in [0.4, 0.5) is 0 Å². The van der Waals surface area contributed by atoms with Crippen LogP contribution in [0.1, 0.15) is 149 Å². The van der Waals surface area contributed by atoms with Gasteiger partial charge in [0.2, 0.25) is 11.8 Å². The van der Waals surface area contributed by atoms with E-state index in [-0.39, 0.29) is 5.75 Å². The Balaban J connectivity index is 1.11. The van der Waals surface area contributed by atoms with E-state index in [1.165, 1.54) is 25.7 Å². The number of allylic oxidation sites excluding steroid dienone is 1. The number of aliphatic hydroxyl groups is 12. The quantitative estimate of drug-likeness (QED) is 0.0270. The fraction of sp³-hybridized carbons (Fsp3) is 0.824. The standard InChI is InChI=1S/C74H119N3O33/c1-29(2)18-15-19-31(5)20-16-21-32(6)22-17-24-74(13)25-23-39-35(9)55(33(7)34(8)56(39)110-74)101-68(96)65-62(106-70-45(77-38(12)82)58(47(84)42(28-80)100-70)103-71-52(89)49(86)60(97-14)63(107-71)66(92)93)51(88)54(91)73(109-65)104-59-44(76-37(11)81)69(99-41(27-79)48(59)85)105-61-50(87)53(90)72(108-64(61)67(94)95)102-57-43(75-30(3)4)36(10)98-40(26-78)46(57)83/h29,31-32,36,40-54,57-65,69-73,75,78-80,83-91H,3,15-28H2,1-2,4-14H3,(H,76,81)(H,77,82)(H,92,93)(H,94,95)/t31-,32-,36?,40?,41?,42?,43?,44?,45?,46?,47?,48?,49?,50?,51?,52?,53?,54?,57?,58?,59?,60?,61?,62?,63?,64?,65?,69?,70?,71?,72?,73?,74-/m0/s1. The van der Waals surface area contributed by atoms with Crippen LogP contribution in [0, 0.1) is 38.5 Å². The van der Waals surface area contributed by atoms with E-state index >= 15 is 4.79 Å². The van der Waals surface area contributed by atoms with Gasteiger partial charge in [0.15, 0.2) is 49.8 Å². The molecule has 36 nitrogen and oxygen atoms in total.